The molecule has 4 rings (SSSR count). The highest BCUT2D eigenvalue weighted by atomic mass is 19.1. The second kappa shape index (κ2) is 13.6. The number of hydrogen-bond acceptors (Lipinski definition) is 4. The van der Waals surface area contributed by atoms with Crippen molar-refractivity contribution in [3.63, 3.8) is 0 Å². The average molecular weight is 519 g/mol. The topological polar surface area (TPSA) is 67.9 Å². The minimum Gasteiger partial charge on any atom is -0.497 e. The zero-order valence-electron chi connectivity index (χ0n) is 21.8. The van der Waals surface area contributed by atoms with Gasteiger partial charge in [-0.05, 0) is 48.2 Å². The predicted octanol–water partition coefficient (Wildman–Crippen LogP) is 5.30. The number of rotatable bonds is 11. The minimum absolute atomic E-state index is 0.00607. The Morgan fingerprint density at radius 3 is 2.39 bits per heavy atom. The molecular weight excluding hydrogens is 483 g/mol. The van der Waals surface area contributed by atoms with Gasteiger partial charge in [0.1, 0.15) is 11.8 Å². The first-order chi connectivity index (χ1) is 18.5. The Hall–Kier alpha value is -3.87. The van der Waals surface area contributed by atoms with Gasteiger partial charge in [-0.2, -0.15) is 0 Å². The van der Waals surface area contributed by atoms with E-state index in [0.29, 0.717) is 12.2 Å². The number of amides is 2. The average Bonchev–Trinajstić information content (AvgIpc) is 2.95. The van der Waals surface area contributed by atoms with Crippen LogP contribution in [0.2, 0.25) is 0 Å². The molecule has 0 heterocycles. The van der Waals surface area contributed by atoms with Crippen molar-refractivity contribution in [3.05, 3.63) is 95.8 Å². The van der Waals surface area contributed by atoms with Crippen LogP contribution in [0.25, 0.3) is 0 Å². The molecule has 1 fully saturated rings. The van der Waals surface area contributed by atoms with Gasteiger partial charge >= 0.3 is 0 Å². The zero-order valence-corrected chi connectivity index (χ0v) is 21.8. The van der Waals surface area contributed by atoms with Crippen LogP contribution in [0.15, 0.2) is 78.9 Å². The second-order valence-corrected chi connectivity index (χ2v) is 9.64. The molecule has 3 aromatic rings. The number of nitrogens with one attached hydrogen (secondary N) is 1. The van der Waals surface area contributed by atoms with Crippen LogP contribution in [0.5, 0.6) is 11.5 Å². The molecule has 0 unspecified atom stereocenters. The number of ether oxygens (including phenoxy) is 2. The van der Waals surface area contributed by atoms with Crippen molar-refractivity contribution in [3.8, 4) is 11.5 Å². The van der Waals surface area contributed by atoms with Crippen molar-refractivity contribution >= 4 is 11.8 Å². The van der Waals surface area contributed by atoms with Gasteiger partial charge in [0.2, 0.25) is 5.91 Å². The van der Waals surface area contributed by atoms with Crippen LogP contribution in [0.3, 0.4) is 0 Å². The summed E-state index contributed by atoms with van der Waals surface area (Å²) >= 11 is 0. The largest absolute Gasteiger partial charge is 0.497 e. The third-order valence-corrected chi connectivity index (χ3v) is 6.90. The molecule has 38 heavy (non-hydrogen) atoms. The number of benzene rings is 3. The first-order valence-electron chi connectivity index (χ1n) is 13.2. The number of methoxy groups -OCH3 is 1. The van der Waals surface area contributed by atoms with Gasteiger partial charge in [0, 0.05) is 19.0 Å². The van der Waals surface area contributed by atoms with E-state index in [1.54, 1.807) is 24.1 Å². The fourth-order valence-corrected chi connectivity index (χ4v) is 4.85. The monoisotopic (exact) mass is 518 g/mol. The number of halogens is 1. The maximum absolute atomic E-state index is 14.2. The smallest absolute Gasteiger partial charge is 0.261 e. The van der Waals surface area contributed by atoms with Crippen LogP contribution >= 0.6 is 0 Å². The molecule has 6 nitrogen and oxygen atoms in total. The maximum Gasteiger partial charge on any atom is 0.261 e. The molecule has 1 aliphatic carbocycles. The summed E-state index contributed by atoms with van der Waals surface area (Å²) in [6.45, 7) is -0.223. The van der Waals surface area contributed by atoms with E-state index < -0.39 is 24.4 Å². The third-order valence-electron chi connectivity index (χ3n) is 6.90. The Morgan fingerprint density at radius 2 is 1.66 bits per heavy atom. The fraction of sp³-hybridized carbons (Fsp3) is 0.355. The molecule has 0 saturated heterocycles. The lowest BCUT2D eigenvalue weighted by atomic mass is 9.94. The molecule has 0 spiro atoms. The molecule has 2 amide bonds. The van der Waals surface area contributed by atoms with Gasteiger partial charge in [-0.25, -0.2) is 4.39 Å². The number of para-hydroxylation sites is 1. The highest BCUT2D eigenvalue weighted by molar-refractivity contribution is 5.88. The lowest BCUT2D eigenvalue weighted by molar-refractivity contribution is -0.143. The van der Waals surface area contributed by atoms with E-state index in [9.17, 15) is 14.0 Å². The van der Waals surface area contributed by atoms with Gasteiger partial charge in [0.15, 0.2) is 18.2 Å². The van der Waals surface area contributed by atoms with Gasteiger partial charge in [0.05, 0.1) is 7.11 Å². The molecule has 1 aliphatic rings. The highest BCUT2D eigenvalue weighted by Crippen LogP contribution is 2.22. The molecule has 1 N–H and O–H groups in total. The Bertz CT molecular complexity index is 1200. The van der Waals surface area contributed by atoms with Crippen molar-refractivity contribution in [2.45, 2.75) is 57.2 Å². The normalized spacial score (nSPS) is 14.4. The highest BCUT2D eigenvalue weighted by Gasteiger charge is 2.32. The van der Waals surface area contributed by atoms with Crippen molar-refractivity contribution in [1.82, 2.24) is 10.2 Å². The van der Waals surface area contributed by atoms with E-state index in [1.165, 1.54) is 18.6 Å². The molecule has 0 aliphatic heterocycles. The number of nitrogens with zero attached hydrogens (tertiary/aromatic N) is 1. The van der Waals surface area contributed by atoms with E-state index in [1.807, 2.05) is 54.6 Å². The summed E-state index contributed by atoms with van der Waals surface area (Å²) < 4.78 is 25.1. The summed E-state index contributed by atoms with van der Waals surface area (Å²) in [6, 6.07) is 22.3. The van der Waals surface area contributed by atoms with Crippen molar-refractivity contribution < 1.29 is 23.5 Å². The molecular formula is C31H35FN2O4. The minimum atomic E-state index is -0.776. The van der Waals surface area contributed by atoms with Gasteiger partial charge in [-0.3, -0.25) is 9.59 Å². The standard InChI is InChI=1S/C31H35FN2O4/c1-37-26-16-10-13-24(19-26)21-34(30(35)22-38-29-18-9-8-17-27(29)32)28(20-23-11-4-2-5-12-23)31(36)33-25-14-6-3-7-15-25/h2,4-5,8-13,16-19,25,28H,3,6-7,14-15,20-22H2,1H3,(H,33,36)/t28-/m1/s1. The van der Waals surface area contributed by atoms with Crippen LogP contribution in [-0.2, 0) is 22.6 Å². The van der Waals surface area contributed by atoms with E-state index in [2.05, 4.69) is 5.32 Å². The number of carbonyl (C=O) groups is 2. The first-order valence-corrected chi connectivity index (χ1v) is 13.2. The zero-order chi connectivity index (χ0) is 26.7. The molecule has 0 aromatic heterocycles. The fourth-order valence-electron chi connectivity index (χ4n) is 4.85. The molecule has 3 aromatic carbocycles. The Balaban J connectivity index is 1.63. The molecule has 0 bridgehead atoms. The first kappa shape index (κ1) is 27.2. The van der Waals surface area contributed by atoms with Gasteiger partial charge in [-0.15, -0.1) is 0 Å². The third kappa shape index (κ3) is 7.57. The van der Waals surface area contributed by atoms with E-state index >= 15 is 0 Å². The molecule has 7 heteroatoms. The summed E-state index contributed by atoms with van der Waals surface area (Å²) in [6.07, 6.45) is 5.55. The van der Waals surface area contributed by atoms with E-state index in [0.717, 1.165) is 36.8 Å². The van der Waals surface area contributed by atoms with Crippen molar-refractivity contribution in [2.24, 2.45) is 0 Å². The van der Waals surface area contributed by atoms with Crippen LogP contribution in [-0.4, -0.2) is 42.5 Å². The molecule has 1 atom stereocenters. The Morgan fingerprint density at radius 1 is 0.947 bits per heavy atom. The molecule has 200 valence electrons. The van der Waals surface area contributed by atoms with Crippen LogP contribution in [0.4, 0.5) is 4.39 Å². The van der Waals surface area contributed by atoms with Crippen molar-refractivity contribution in [1.29, 1.82) is 0 Å². The Labute approximate surface area is 223 Å². The van der Waals surface area contributed by atoms with Crippen molar-refractivity contribution in [2.75, 3.05) is 13.7 Å². The number of carbonyl (C=O) groups excluding carboxylic acids is 2. The van der Waals surface area contributed by atoms with Gasteiger partial charge in [0.25, 0.3) is 5.91 Å². The second-order valence-electron chi connectivity index (χ2n) is 9.64. The number of hydrogen-bond donors (Lipinski definition) is 1. The molecule has 0 radical (unpaired) electrons. The van der Waals surface area contributed by atoms with Gasteiger partial charge < -0.3 is 19.7 Å². The van der Waals surface area contributed by atoms with Crippen LogP contribution < -0.4 is 14.8 Å². The van der Waals surface area contributed by atoms with E-state index in [-0.39, 0.29) is 24.2 Å². The summed E-state index contributed by atoms with van der Waals surface area (Å²) in [4.78, 5) is 29.0. The molecule has 1 saturated carbocycles. The lowest BCUT2D eigenvalue weighted by Crippen LogP contribution is -2.53. The van der Waals surface area contributed by atoms with Crippen LogP contribution in [0.1, 0.15) is 43.2 Å². The van der Waals surface area contributed by atoms with Gasteiger partial charge in [-0.1, -0.05) is 73.9 Å². The SMILES string of the molecule is COc1cccc(CN(C(=O)COc2ccccc2F)[C@H](Cc2ccccc2)C(=O)NC2CCCCC2)c1. The summed E-state index contributed by atoms with van der Waals surface area (Å²) in [5, 5.41) is 3.21. The van der Waals surface area contributed by atoms with E-state index in [4.69, 9.17) is 9.47 Å². The summed E-state index contributed by atoms with van der Waals surface area (Å²) in [5.74, 6) is -0.494. The Kier molecular flexibility index (Phi) is 9.73. The summed E-state index contributed by atoms with van der Waals surface area (Å²) in [5.41, 5.74) is 1.75. The maximum atomic E-state index is 14.2. The predicted molar refractivity (Wildman–Crippen MR) is 144 cm³/mol. The van der Waals surface area contributed by atoms with Crippen LogP contribution in [0, 0.1) is 5.82 Å². The lowest BCUT2D eigenvalue weighted by Gasteiger charge is -2.33. The quantitative estimate of drug-likeness (QED) is 0.374. The summed E-state index contributed by atoms with van der Waals surface area (Å²) in [7, 11) is 1.58.